The Labute approximate surface area is 206 Å². The van der Waals surface area contributed by atoms with E-state index in [1.54, 1.807) is 14.2 Å². The fourth-order valence-electron chi connectivity index (χ4n) is 2.76. The number of hydrogen-bond acceptors (Lipinski definition) is 9. The molecule has 0 aromatic heterocycles. The van der Waals surface area contributed by atoms with Crippen LogP contribution in [0.1, 0.15) is 32.6 Å². The molecule has 10 nitrogen and oxygen atoms in total. The fourth-order valence-corrected chi connectivity index (χ4v) is 2.76. The molecule has 0 N–H and O–H groups in total. The molecule has 0 aliphatic carbocycles. The van der Waals surface area contributed by atoms with Gasteiger partial charge in [0.25, 0.3) is 0 Å². The first kappa shape index (κ1) is 33.1. The predicted octanol–water partition coefficient (Wildman–Crippen LogP) is 1.79. The van der Waals surface area contributed by atoms with E-state index in [0.717, 1.165) is 19.3 Å². The van der Waals surface area contributed by atoms with Crippen LogP contribution in [-0.2, 0) is 42.7 Å². The lowest BCUT2D eigenvalue weighted by Gasteiger charge is -2.23. The summed E-state index contributed by atoms with van der Waals surface area (Å²) in [7, 11) is 3.29. The smallest absolute Gasteiger partial charge is 0.222 e. The highest BCUT2D eigenvalue weighted by atomic mass is 16.6. The van der Waals surface area contributed by atoms with Gasteiger partial charge >= 0.3 is 0 Å². The summed E-state index contributed by atoms with van der Waals surface area (Å²) in [4.78, 5) is 14.4. The lowest BCUT2D eigenvalue weighted by Crippen LogP contribution is -2.37. The summed E-state index contributed by atoms with van der Waals surface area (Å²) in [5.74, 6) is 0.148. The highest BCUT2D eigenvalue weighted by molar-refractivity contribution is 5.76. The van der Waals surface area contributed by atoms with Crippen molar-refractivity contribution in [3.8, 4) is 0 Å². The summed E-state index contributed by atoms with van der Waals surface area (Å²) < 4.78 is 42.7. The van der Waals surface area contributed by atoms with Gasteiger partial charge in [-0.05, 0) is 6.42 Å². The third kappa shape index (κ3) is 24.3. The molecule has 1 amide bonds. The van der Waals surface area contributed by atoms with E-state index in [9.17, 15) is 4.79 Å². The quantitative estimate of drug-likeness (QED) is 0.151. The first-order valence-corrected chi connectivity index (χ1v) is 12.5. The Morgan fingerprint density at radius 1 is 0.529 bits per heavy atom. The zero-order valence-corrected chi connectivity index (χ0v) is 21.8. The molecule has 0 bridgehead atoms. The van der Waals surface area contributed by atoms with Crippen LogP contribution in [0.2, 0.25) is 0 Å². The van der Waals surface area contributed by atoms with E-state index < -0.39 is 0 Å². The number of rotatable bonds is 28. The molecule has 0 aromatic carbocycles. The Morgan fingerprint density at radius 3 is 1.24 bits per heavy atom. The van der Waals surface area contributed by atoms with E-state index in [4.69, 9.17) is 37.9 Å². The molecule has 0 spiro atoms. The molecular formula is C24H49NO9. The van der Waals surface area contributed by atoms with E-state index in [2.05, 4.69) is 6.92 Å². The standard InChI is InChI=1S/C24H49NO9/c1-4-5-6-7-24(26)25(8-10-29-16-18-33-22-20-31-14-12-27-2)9-11-30-17-19-34-23-21-32-15-13-28-3/h4-23H2,1-3H3. The number of carbonyl (C=O) groups excluding carboxylic acids is 1. The highest BCUT2D eigenvalue weighted by Gasteiger charge is 2.13. The number of hydrogen-bond donors (Lipinski definition) is 0. The number of nitrogens with zero attached hydrogens (tertiary/aromatic N) is 1. The van der Waals surface area contributed by atoms with E-state index in [1.807, 2.05) is 4.90 Å². The largest absolute Gasteiger partial charge is 0.382 e. The van der Waals surface area contributed by atoms with Crippen molar-refractivity contribution >= 4 is 5.91 Å². The Morgan fingerprint density at radius 2 is 0.882 bits per heavy atom. The summed E-state index contributed by atoms with van der Waals surface area (Å²) in [6, 6.07) is 0. The Bertz CT molecular complexity index is 390. The van der Waals surface area contributed by atoms with Crippen LogP contribution in [0.3, 0.4) is 0 Å². The van der Waals surface area contributed by atoms with Crippen molar-refractivity contribution in [2.75, 3.05) is 120 Å². The highest BCUT2D eigenvalue weighted by Crippen LogP contribution is 2.03. The van der Waals surface area contributed by atoms with Gasteiger partial charge in [0.2, 0.25) is 5.91 Å². The predicted molar refractivity (Wildman–Crippen MR) is 129 cm³/mol. The van der Waals surface area contributed by atoms with Crippen LogP contribution in [0.15, 0.2) is 0 Å². The molecule has 0 aromatic rings. The molecule has 0 saturated carbocycles. The van der Waals surface area contributed by atoms with Gasteiger partial charge in [-0.3, -0.25) is 4.79 Å². The number of unbranched alkanes of at least 4 members (excludes halogenated alkanes) is 2. The van der Waals surface area contributed by atoms with Gasteiger partial charge in [0.15, 0.2) is 0 Å². The topological polar surface area (TPSA) is 94.2 Å². The average Bonchev–Trinajstić information content (AvgIpc) is 2.84. The zero-order chi connectivity index (χ0) is 25.0. The molecule has 10 heteroatoms. The first-order valence-electron chi connectivity index (χ1n) is 12.5. The molecule has 0 aliphatic rings. The van der Waals surface area contributed by atoms with Crippen molar-refractivity contribution in [1.82, 2.24) is 4.90 Å². The third-order valence-corrected chi connectivity index (χ3v) is 4.71. The molecule has 0 radical (unpaired) electrons. The molecule has 0 rings (SSSR count). The maximum Gasteiger partial charge on any atom is 0.222 e. The second-order valence-corrected chi connectivity index (χ2v) is 7.50. The average molecular weight is 496 g/mol. The van der Waals surface area contributed by atoms with Crippen LogP contribution in [0.25, 0.3) is 0 Å². The monoisotopic (exact) mass is 495 g/mol. The Kier molecular flexibility index (Phi) is 27.7. The normalized spacial score (nSPS) is 11.3. The number of carbonyl (C=O) groups is 1. The van der Waals surface area contributed by atoms with E-state index in [0.29, 0.717) is 112 Å². The third-order valence-electron chi connectivity index (χ3n) is 4.71. The number of ether oxygens (including phenoxy) is 8. The van der Waals surface area contributed by atoms with Crippen molar-refractivity contribution in [1.29, 1.82) is 0 Å². The maximum atomic E-state index is 12.6. The van der Waals surface area contributed by atoms with E-state index in [1.165, 1.54) is 0 Å². The zero-order valence-electron chi connectivity index (χ0n) is 21.8. The summed E-state index contributed by atoms with van der Waals surface area (Å²) in [6.45, 7) is 10.6. The molecule has 204 valence electrons. The molecule has 0 fully saturated rings. The van der Waals surface area contributed by atoms with Crippen LogP contribution < -0.4 is 0 Å². The molecule has 0 atom stereocenters. The summed E-state index contributed by atoms with van der Waals surface area (Å²) in [5.41, 5.74) is 0. The first-order chi connectivity index (χ1) is 16.8. The minimum absolute atomic E-state index is 0.148. The van der Waals surface area contributed by atoms with Gasteiger partial charge < -0.3 is 42.8 Å². The van der Waals surface area contributed by atoms with Crippen LogP contribution in [0.4, 0.5) is 0 Å². The molecule has 0 aliphatic heterocycles. The maximum absolute atomic E-state index is 12.6. The lowest BCUT2D eigenvalue weighted by molar-refractivity contribution is -0.133. The van der Waals surface area contributed by atoms with Gasteiger partial charge in [0.1, 0.15) is 0 Å². The van der Waals surface area contributed by atoms with Gasteiger partial charge in [0, 0.05) is 33.7 Å². The summed E-state index contributed by atoms with van der Waals surface area (Å²) >= 11 is 0. The van der Waals surface area contributed by atoms with Gasteiger partial charge in [-0.2, -0.15) is 0 Å². The fraction of sp³-hybridized carbons (Fsp3) is 0.958. The minimum atomic E-state index is 0.148. The van der Waals surface area contributed by atoms with Crippen molar-refractivity contribution in [3.63, 3.8) is 0 Å². The van der Waals surface area contributed by atoms with Crippen LogP contribution in [-0.4, -0.2) is 131 Å². The SMILES string of the molecule is CCCCCC(=O)N(CCOCCOCCOCCOC)CCOCCOCCOCCOC. The molecule has 34 heavy (non-hydrogen) atoms. The van der Waals surface area contributed by atoms with Crippen molar-refractivity contribution in [3.05, 3.63) is 0 Å². The molecule has 0 saturated heterocycles. The van der Waals surface area contributed by atoms with Gasteiger partial charge in [-0.1, -0.05) is 19.8 Å². The van der Waals surface area contributed by atoms with Crippen molar-refractivity contribution in [2.24, 2.45) is 0 Å². The van der Waals surface area contributed by atoms with Gasteiger partial charge in [-0.15, -0.1) is 0 Å². The minimum Gasteiger partial charge on any atom is -0.382 e. The van der Waals surface area contributed by atoms with Gasteiger partial charge in [0.05, 0.1) is 92.5 Å². The Hall–Kier alpha value is -0.850. The second-order valence-electron chi connectivity index (χ2n) is 7.50. The second kappa shape index (κ2) is 28.4. The number of methoxy groups -OCH3 is 2. The van der Waals surface area contributed by atoms with Crippen LogP contribution in [0, 0.1) is 0 Å². The molecular weight excluding hydrogens is 446 g/mol. The van der Waals surface area contributed by atoms with E-state index in [-0.39, 0.29) is 5.91 Å². The van der Waals surface area contributed by atoms with Crippen LogP contribution >= 0.6 is 0 Å². The van der Waals surface area contributed by atoms with Crippen molar-refractivity contribution in [2.45, 2.75) is 32.6 Å². The van der Waals surface area contributed by atoms with Crippen LogP contribution in [0.5, 0.6) is 0 Å². The summed E-state index contributed by atoms with van der Waals surface area (Å²) in [6.07, 6.45) is 3.63. The lowest BCUT2D eigenvalue weighted by atomic mass is 10.2. The summed E-state index contributed by atoms with van der Waals surface area (Å²) in [5, 5.41) is 0. The molecule has 0 heterocycles. The van der Waals surface area contributed by atoms with E-state index >= 15 is 0 Å². The van der Waals surface area contributed by atoms with Crippen molar-refractivity contribution < 1.29 is 42.7 Å². The number of amides is 1. The van der Waals surface area contributed by atoms with Gasteiger partial charge in [-0.25, -0.2) is 0 Å². The molecule has 0 unspecified atom stereocenters. The Balaban J connectivity index is 3.85.